The fourth-order valence-corrected chi connectivity index (χ4v) is 2.74. The highest BCUT2D eigenvalue weighted by molar-refractivity contribution is 7.80. The van der Waals surface area contributed by atoms with Crippen LogP contribution in [-0.4, -0.2) is 16.9 Å². The molecule has 0 aliphatic heterocycles. The van der Waals surface area contributed by atoms with Crippen molar-refractivity contribution >= 4 is 45.5 Å². The SMILES string of the molecule is Cc1sc(NC(=S)NC(=O)C(C)C)c(C(N)=O)c1C. The molecule has 7 heteroatoms. The van der Waals surface area contributed by atoms with Crippen molar-refractivity contribution in [3.05, 3.63) is 16.0 Å². The first-order valence-corrected chi connectivity index (χ1v) is 6.98. The van der Waals surface area contributed by atoms with Gasteiger partial charge in [-0.1, -0.05) is 13.8 Å². The zero-order valence-corrected chi connectivity index (χ0v) is 12.9. The zero-order valence-electron chi connectivity index (χ0n) is 11.3. The molecule has 104 valence electrons. The summed E-state index contributed by atoms with van der Waals surface area (Å²) in [6, 6.07) is 0. The van der Waals surface area contributed by atoms with Crippen LogP contribution in [0.3, 0.4) is 0 Å². The summed E-state index contributed by atoms with van der Waals surface area (Å²) in [4.78, 5) is 23.9. The predicted molar refractivity (Wildman–Crippen MR) is 81.5 cm³/mol. The number of carbonyl (C=O) groups is 2. The number of nitrogens with two attached hydrogens (primary N) is 1. The molecule has 0 atom stereocenters. The quantitative estimate of drug-likeness (QED) is 0.745. The van der Waals surface area contributed by atoms with E-state index >= 15 is 0 Å². The summed E-state index contributed by atoms with van der Waals surface area (Å²) in [5, 5.41) is 6.15. The smallest absolute Gasteiger partial charge is 0.251 e. The number of carbonyl (C=O) groups excluding carboxylic acids is 2. The van der Waals surface area contributed by atoms with Gasteiger partial charge in [0.2, 0.25) is 5.91 Å². The van der Waals surface area contributed by atoms with Crippen molar-refractivity contribution in [3.8, 4) is 0 Å². The van der Waals surface area contributed by atoms with Gasteiger partial charge in [0, 0.05) is 10.8 Å². The van der Waals surface area contributed by atoms with Crippen molar-refractivity contribution in [2.75, 3.05) is 5.32 Å². The molecule has 0 bridgehead atoms. The molecule has 1 aromatic rings. The Bertz CT molecular complexity index is 535. The predicted octanol–water partition coefficient (Wildman–Crippen LogP) is 1.93. The molecule has 0 aromatic carbocycles. The fourth-order valence-electron chi connectivity index (χ4n) is 1.40. The molecular formula is C12H17N3O2S2. The third-order valence-electron chi connectivity index (χ3n) is 2.62. The maximum atomic E-state index is 11.5. The van der Waals surface area contributed by atoms with Gasteiger partial charge in [0.15, 0.2) is 5.11 Å². The molecule has 0 unspecified atom stereocenters. The van der Waals surface area contributed by atoms with Crippen molar-refractivity contribution in [3.63, 3.8) is 0 Å². The molecule has 0 radical (unpaired) electrons. The standard InChI is InChI=1S/C12H17N3O2S2/c1-5(2)10(17)14-12(18)15-11-8(9(13)16)6(3)7(4)19-11/h5H,1-4H3,(H2,13,16)(H2,14,15,17,18). The number of amides is 2. The van der Waals surface area contributed by atoms with Crippen molar-refractivity contribution in [1.82, 2.24) is 5.32 Å². The van der Waals surface area contributed by atoms with E-state index in [0.717, 1.165) is 10.4 Å². The Balaban J connectivity index is 2.89. The minimum absolute atomic E-state index is 0.165. The molecule has 0 aliphatic rings. The van der Waals surface area contributed by atoms with E-state index in [2.05, 4.69) is 10.6 Å². The number of nitrogens with one attached hydrogen (secondary N) is 2. The minimum atomic E-state index is -0.512. The molecule has 0 aliphatic carbocycles. The number of thiocarbonyl (C=S) groups is 1. The van der Waals surface area contributed by atoms with Crippen LogP contribution < -0.4 is 16.4 Å². The maximum absolute atomic E-state index is 11.5. The van der Waals surface area contributed by atoms with Crippen LogP contribution in [0, 0.1) is 19.8 Å². The molecule has 2 amide bonds. The van der Waals surface area contributed by atoms with Gasteiger partial charge >= 0.3 is 0 Å². The first-order valence-electron chi connectivity index (χ1n) is 5.75. The molecule has 0 spiro atoms. The number of thiophene rings is 1. The van der Waals surface area contributed by atoms with E-state index in [1.165, 1.54) is 11.3 Å². The van der Waals surface area contributed by atoms with Crippen molar-refractivity contribution < 1.29 is 9.59 Å². The Labute approximate surface area is 121 Å². The first kappa shape index (κ1) is 15.6. The Morgan fingerprint density at radius 3 is 2.37 bits per heavy atom. The summed E-state index contributed by atoms with van der Waals surface area (Å²) in [7, 11) is 0. The highest BCUT2D eigenvalue weighted by Crippen LogP contribution is 2.31. The van der Waals surface area contributed by atoms with Crippen molar-refractivity contribution in [2.45, 2.75) is 27.7 Å². The van der Waals surface area contributed by atoms with Crippen LogP contribution >= 0.6 is 23.6 Å². The summed E-state index contributed by atoms with van der Waals surface area (Å²) in [6.07, 6.45) is 0. The Morgan fingerprint density at radius 2 is 1.89 bits per heavy atom. The average Bonchev–Trinajstić information content (AvgIpc) is 2.53. The van der Waals surface area contributed by atoms with Crippen LogP contribution in [0.5, 0.6) is 0 Å². The first-order chi connectivity index (χ1) is 8.73. The molecule has 5 nitrogen and oxygen atoms in total. The lowest BCUT2D eigenvalue weighted by molar-refractivity contribution is -0.122. The van der Waals surface area contributed by atoms with E-state index in [1.54, 1.807) is 13.8 Å². The van der Waals surface area contributed by atoms with Crippen LogP contribution in [0.1, 0.15) is 34.6 Å². The third-order valence-corrected chi connectivity index (χ3v) is 3.95. The number of aryl methyl sites for hydroxylation is 1. The summed E-state index contributed by atoms with van der Waals surface area (Å²) in [5.74, 6) is -0.854. The monoisotopic (exact) mass is 299 g/mol. The van der Waals surface area contributed by atoms with Gasteiger partial charge in [-0.3, -0.25) is 9.59 Å². The van der Waals surface area contributed by atoms with Gasteiger partial charge in [-0.15, -0.1) is 11.3 Å². The van der Waals surface area contributed by atoms with Crippen LogP contribution in [0.25, 0.3) is 0 Å². The number of anilines is 1. The lowest BCUT2D eigenvalue weighted by Gasteiger charge is -2.10. The van der Waals surface area contributed by atoms with Crippen LogP contribution in [0.4, 0.5) is 5.00 Å². The van der Waals surface area contributed by atoms with Crippen molar-refractivity contribution in [2.24, 2.45) is 11.7 Å². The van der Waals surface area contributed by atoms with Gasteiger partial charge in [0.1, 0.15) is 5.00 Å². The normalized spacial score (nSPS) is 10.4. The molecule has 1 rings (SSSR count). The average molecular weight is 299 g/mol. The number of primary amides is 1. The third kappa shape index (κ3) is 3.74. The summed E-state index contributed by atoms with van der Waals surface area (Å²) < 4.78 is 0. The molecule has 1 aromatic heterocycles. The zero-order chi connectivity index (χ0) is 14.7. The van der Waals surface area contributed by atoms with Gasteiger partial charge in [0.25, 0.3) is 5.91 Å². The molecule has 0 saturated carbocycles. The molecule has 4 N–H and O–H groups in total. The van der Waals surface area contributed by atoms with Crippen molar-refractivity contribution in [1.29, 1.82) is 0 Å². The topological polar surface area (TPSA) is 84.2 Å². The second-order valence-electron chi connectivity index (χ2n) is 4.45. The maximum Gasteiger partial charge on any atom is 0.251 e. The van der Waals surface area contributed by atoms with E-state index < -0.39 is 5.91 Å². The molecule has 0 saturated heterocycles. The van der Waals surface area contributed by atoms with E-state index in [1.807, 2.05) is 13.8 Å². The Hall–Kier alpha value is -1.47. The van der Waals surface area contributed by atoms with Gasteiger partial charge in [-0.05, 0) is 31.6 Å². The van der Waals surface area contributed by atoms with E-state index in [4.69, 9.17) is 18.0 Å². The summed E-state index contributed by atoms with van der Waals surface area (Å²) in [6.45, 7) is 7.26. The highest BCUT2D eigenvalue weighted by atomic mass is 32.1. The van der Waals surface area contributed by atoms with E-state index in [9.17, 15) is 9.59 Å². The highest BCUT2D eigenvalue weighted by Gasteiger charge is 2.18. The van der Waals surface area contributed by atoms with Crippen LogP contribution in [-0.2, 0) is 4.79 Å². The Morgan fingerprint density at radius 1 is 1.32 bits per heavy atom. The number of hydrogen-bond donors (Lipinski definition) is 3. The lowest BCUT2D eigenvalue weighted by atomic mass is 10.1. The van der Waals surface area contributed by atoms with Gasteiger partial charge in [-0.25, -0.2) is 0 Å². The van der Waals surface area contributed by atoms with E-state index in [-0.39, 0.29) is 16.9 Å². The van der Waals surface area contributed by atoms with Gasteiger partial charge in [0.05, 0.1) is 5.56 Å². The molecular weight excluding hydrogens is 282 g/mol. The molecule has 19 heavy (non-hydrogen) atoms. The summed E-state index contributed by atoms with van der Waals surface area (Å²) >= 11 is 6.42. The Kier molecular flexibility index (Phi) is 5.02. The minimum Gasteiger partial charge on any atom is -0.365 e. The van der Waals surface area contributed by atoms with Crippen LogP contribution in [0.15, 0.2) is 0 Å². The lowest BCUT2D eigenvalue weighted by Crippen LogP contribution is -2.36. The van der Waals surface area contributed by atoms with Crippen LogP contribution in [0.2, 0.25) is 0 Å². The second kappa shape index (κ2) is 6.12. The van der Waals surface area contributed by atoms with Gasteiger partial charge in [-0.2, -0.15) is 0 Å². The fraction of sp³-hybridized carbons (Fsp3) is 0.417. The second-order valence-corrected chi connectivity index (χ2v) is 6.08. The number of hydrogen-bond acceptors (Lipinski definition) is 4. The number of rotatable bonds is 3. The largest absolute Gasteiger partial charge is 0.365 e. The van der Waals surface area contributed by atoms with E-state index in [0.29, 0.717) is 10.6 Å². The molecule has 0 fully saturated rings. The summed E-state index contributed by atoms with van der Waals surface area (Å²) in [5.41, 5.74) is 6.60. The van der Waals surface area contributed by atoms with Gasteiger partial charge < -0.3 is 16.4 Å². The molecule has 1 heterocycles.